The highest BCUT2D eigenvalue weighted by molar-refractivity contribution is 7.20. The number of piperazine rings is 1. The van der Waals surface area contributed by atoms with Gasteiger partial charge in [0, 0.05) is 26.2 Å². The maximum atomic E-state index is 13.7. The Morgan fingerprint density at radius 1 is 1.21 bits per heavy atom. The summed E-state index contributed by atoms with van der Waals surface area (Å²) in [6, 6.07) is 7.13. The number of fused-ring (bicyclic) bond motifs is 1. The summed E-state index contributed by atoms with van der Waals surface area (Å²) in [7, 11) is 1.97. The molecule has 1 aromatic carbocycles. The second kappa shape index (κ2) is 7.30. The van der Waals surface area contributed by atoms with E-state index in [0.29, 0.717) is 18.6 Å². The van der Waals surface area contributed by atoms with Crippen molar-refractivity contribution < 1.29 is 13.2 Å². The van der Waals surface area contributed by atoms with Crippen LogP contribution in [0.1, 0.15) is 18.2 Å². The average Bonchev–Trinajstić information content (AvgIpc) is 3.24. The Balaban J connectivity index is 1.80. The van der Waals surface area contributed by atoms with Crippen molar-refractivity contribution in [1.29, 1.82) is 0 Å². The lowest BCUT2D eigenvalue weighted by Crippen LogP contribution is -2.42. The number of aromatic amines is 1. The summed E-state index contributed by atoms with van der Waals surface area (Å²) in [6.45, 7) is 4.12. The summed E-state index contributed by atoms with van der Waals surface area (Å²) in [5.41, 5.74) is -1.76. The SMILES string of the molecule is C/C(=N/N1CCN(C)CC1)c1c(C(F)(F)F)[nH]n(-c2nc3ccccc3s2)c1=O. The molecule has 1 fully saturated rings. The number of alkyl halides is 3. The molecule has 0 aliphatic carbocycles. The second-order valence-electron chi connectivity index (χ2n) is 6.91. The smallest absolute Gasteiger partial charge is 0.303 e. The molecule has 0 bridgehead atoms. The van der Waals surface area contributed by atoms with Crippen LogP contribution in [0.4, 0.5) is 13.2 Å². The fourth-order valence-corrected chi connectivity index (χ4v) is 4.15. The van der Waals surface area contributed by atoms with E-state index in [2.05, 4.69) is 20.1 Å². The van der Waals surface area contributed by atoms with E-state index in [-0.39, 0.29) is 10.8 Å². The van der Waals surface area contributed by atoms with Gasteiger partial charge in [-0.1, -0.05) is 23.5 Å². The third-order valence-corrected chi connectivity index (χ3v) is 5.80. The van der Waals surface area contributed by atoms with Gasteiger partial charge in [-0.15, -0.1) is 0 Å². The first kappa shape index (κ1) is 19.6. The largest absolute Gasteiger partial charge is 0.433 e. The van der Waals surface area contributed by atoms with Crippen molar-refractivity contribution in [1.82, 2.24) is 24.7 Å². The molecule has 29 heavy (non-hydrogen) atoms. The van der Waals surface area contributed by atoms with Crippen LogP contribution < -0.4 is 5.56 Å². The van der Waals surface area contributed by atoms with Crippen LogP contribution in [0.25, 0.3) is 15.3 Å². The molecule has 11 heteroatoms. The molecule has 0 spiro atoms. The molecule has 0 saturated carbocycles. The van der Waals surface area contributed by atoms with Crippen LogP contribution in [-0.2, 0) is 6.18 Å². The molecular formula is C18H19F3N6OS. The number of likely N-dealkylation sites (N-methyl/N-ethyl adjacent to an activating group) is 1. The Morgan fingerprint density at radius 3 is 2.55 bits per heavy atom. The standard InChI is InChI=1S/C18H19F3N6OS/c1-11(23-26-9-7-25(2)8-10-26)14-15(18(19,20)21)24-27(16(14)28)17-22-12-5-3-4-6-13(12)29-17/h3-6,24H,7-10H2,1-2H3/b23-11-. The molecule has 0 radical (unpaired) electrons. The quantitative estimate of drug-likeness (QED) is 0.657. The average molecular weight is 424 g/mol. The minimum atomic E-state index is -4.73. The number of nitrogens with one attached hydrogen (secondary N) is 1. The Hall–Kier alpha value is -2.66. The van der Waals surface area contributed by atoms with E-state index in [1.165, 1.54) is 6.92 Å². The van der Waals surface area contributed by atoms with Crippen molar-refractivity contribution in [3.05, 3.63) is 45.9 Å². The van der Waals surface area contributed by atoms with E-state index >= 15 is 0 Å². The molecule has 1 aliphatic heterocycles. The summed E-state index contributed by atoms with van der Waals surface area (Å²) in [5, 5.41) is 8.36. The predicted octanol–water partition coefficient (Wildman–Crippen LogP) is 2.77. The number of nitrogens with zero attached hydrogens (tertiary/aromatic N) is 5. The third kappa shape index (κ3) is 3.79. The van der Waals surface area contributed by atoms with Gasteiger partial charge in [0.1, 0.15) is 0 Å². The van der Waals surface area contributed by atoms with Crippen molar-refractivity contribution in [3.63, 3.8) is 0 Å². The Kier molecular flexibility index (Phi) is 4.95. The zero-order chi connectivity index (χ0) is 20.8. The van der Waals surface area contributed by atoms with Crippen molar-refractivity contribution in [2.24, 2.45) is 5.10 Å². The lowest BCUT2D eigenvalue weighted by atomic mass is 10.1. The predicted molar refractivity (Wildman–Crippen MR) is 106 cm³/mol. The normalized spacial score (nSPS) is 16.7. The van der Waals surface area contributed by atoms with Crippen LogP contribution in [0.5, 0.6) is 0 Å². The van der Waals surface area contributed by atoms with Crippen LogP contribution in [0.15, 0.2) is 34.2 Å². The highest BCUT2D eigenvalue weighted by Gasteiger charge is 2.39. The number of para-hydroxylation sites is 1. The highest BCUT2D eigenvalue weighted by atomic mass is 32.1. The summed E-state index contributed by atoms with van der Waals surface area (Å²) >= 11 is 1.14. The van der Waals surface area contributed by atoms with Gasteiger partial charge < -0.3 is 4.90 Å². The monoisotopic (exact) mass is 424 g/mol. The lowest BCUT2D eigenvalue weighted by Gasteiger charge is -2.30. The summed E-state index contributed by atoms with van der Waals surface area (Å²) < 4.78 is 42.7. The molecule has 3 aromatic rings. The van der Waals surface area contributed by atoms with Gasteiger partial charge in [0.25, 0.3) is 5.56 Å². The fraction of sp³-hybridized carbons (Fsp3) is 0.389. The van der Waals surface area contributed by atoms with E-state index in [9.17, 15) is 18.0 Å². The first-order valence-electron chi connectivity index (χ1n) is 9.01. The number of halogens is 3. The molecule has 4 rings (SSSR count). The number of benzene rings is 1. The number of H-pyrrole nitrogens is 1. The van der Waals surface area contributed by atoms with Crippen LogP contribution >= 0.6 is 11.3 Å². The number of hydrogen-bond donors (Lipinski definition) is 1. The van der Waals surface area contributed by atoms with E-state index in [1.54, 1.807) is 29.3 Å². The van der Waals surface area contributed by atoms with Crippen molar-refractivity contribution >= 4 is 27.3 Å². The Morgan fingerprint density at radius 2 is 1.90 bits per heavy atom. The molecular weight excluding hydrogens is 405 g/mol. The maximum absolute atomic E-state index is 13.7. The van der Waals surface area contributed by atoms with Gasteiger partial charge >= 0.3 is 6.18 Å². The number of hydrogen-bond acceptors (Lipinski definition) is 6. The minimum absolute atomic E-state index is 0.0305. The molecule has 1 N–H and O–H groups in total. The van der Waals surface area contributed by atoms with Gasteiger partial charge in [0.15, 0.2) is 5.69 Å². The van der Waals surface area contributed by atoms with Gasteiger partial charge in [-0.05, 0) is 26.1 Å². The van der Waals surface area contributed by atoms with Crippen molar-refractivity contribution in [2.45, 2.75) is 13.1 Å². The van der Waals surface area contributed by atoms with Crippen molar-refractivity contribution in [3.8, 4) is 5.13 Å². The number of thiazole rings is 1. The van der Waals surface area contributed by atoms with Crippen molar-refractivity contribution in [2.75, 3.05) is 33.2 Å². The maximum Gasteiger partial charge on any atom is 0.433 e. The number of rotatable bonds is 3. The fourth-order valence-electron chi connectivity index (χ4n) is 3.23. The van der Waals surface area contributed by atoms with E-state index < -0.39 is 23.0 Å². The Labute approximate surface area is 168 Å². The zero-order valence-corrected chi connectivity index (χ0v) is 16.6. The molecule has 0 amide bonds. The van der Waals surface area contributed by atoms with Gasteiger partial charge in [0.2, 0.25) is 5.13 Å². The van der Waals surface area contributed by atoms with Crippen LogP contribution in [0.3, 0.4) is 0 Å². The summed E-state index contributed by atoms with van der Waals surface area (Å²) in [5.74, 6) is 0. The molecule has 1 saturated heterocycles. The Bertz CT molecular complexity index is 1090. The van der Waals surface area contributed by atoms with E-state index in [0.717, 1.165) is 33.8 Å². The number of hydrazone groups is 1. The van der Waals surface area contributed by atoms with Crippen LogP contribution in [0, 0.1) is 0 Å². The molecule has 3 heterocycles. The van der Waals surface area contributed by atoms with Gasteiger partial charge in [-0.25, -0.2) is 4.98 Å². The number of aromatic nitrogens is 3. The molecule has 7 nitrogen and oxygen atoms in total. The lowest BCUT2D eigenvalue weighted by molar-refractivity contribution is -0.141. The molecule has 0 unspecified atom stereocenters. The first-order chi connectivity index (χ1) is 13.7. The zero-order valence-electron chi connectivity index (χ0n) is 15.8. The van der Waals surface area contributed by atoms with E-state index in [4.69, 9.17) is 0 Å². The molecule has 0 atom stereocenters. The summed E-state index contributed by atoms with van der Waals surface area (Å²) in [4.78, 5) is 19.3. The molecule has 1 aliphatic rings. The van der Waals surface area contributed by atoms with Gasteiger partial charge in [0.05, 0.1) is 21.5 Å². The molecule has 154 valence electrons. The van der Waals surface area contributed by atoms with E-state index in [1.807, 2.05) is 7.05 Å². The summed E-state index contributed by atoms with van der Waals surface area (Å²) in [6.07, 6.45) is -4.73. The van der Waals surface area contributed by atoms with Gasteiger partial charge in [-0.3, -0.25) is 14.9 Å². The minimum Gasteiger partial charge on any atom is -0.303 e. The third-order valence-electron chi connectivity index (χ3n) is 4.78. The van der Waals surface area contributed by atoms with Crippen LogP contribution in [-0.4, -0.2) is 63.6 Å². The van der Waals surface area contributed by atoms with Crippen LogP contribution in [0.2, 0.25) is 0 Å². The first-order valence-corrected chi connectivity index (χ1v) is 9.83. The highest BCUT2D eigenvalue weighted by Crippen LogP contribution is 2.31. The van der Waals surface area contributed by atoms with Gasteiger partial charge in [-0.2, -0.15) is 23.0 Å². The molecule has 2 aromatic heterocycles. The topological polar surface area (TPSA) is 69.5 Å². The second-order valence-corrected chi connectivity index (χ2v) is 7.92.